The van der Waals surface area contributed by atoms with Crippen LogP contribution in [0.15, 0.2) is 30.3 Å². The van der Waals surface area contributed by atoms with E-state index in [1.807, 2.05) is 6.07 Å². The van der Waals surface area contributed by atoms with Gasteiger partial charge in [-0.15, -0.1) is 0 Å². The summed E-state index contributed by atoms with van der Waals surface area (Å²) >= 11 is 0. The van der Waals surface area contributed by atoms with E-state index >= 15 is 0 Å². The van der Waals surface area contributed by atoms with Gasteiger partial charge in [-0.25, -0.2) is 0 Å². The summed E-state index contributed by atoms with van der Waals surface area (Å²) < 4.78 is 0. The highest BCUT2D eigenvalue weighted by Crippen LogP contribution is 2.30. The van der Waals surface area contributed by atoms with Gasteiger partial charge in [0.2, 0.25) is 0 Å². The molecule has 0 N–H and O–H groups in total. The van der Waals surface area contributed by atoms with Crippen molar-refractivity contribution in [1.82, 2.24) is 0 Å². The van der Waals surface area contributed by atoms with Crippen molar-refractivity contribution in [3.05, 3.63) is 35.9 Å². The van der Waals surface area contributed by atoms with E-state index in [0.717, 1.165) is 12.7 Å². The number of aldehydes is 1. The largest absolute Gasteiger partial charge is 0.303 e. The standard InChI is InChI=1S/C14H20O/c1-14(2,3)13(9-10-15)11-12-7-5-4-6-8-12/h4-8,10,13H,9,11H2,1-3H3. The van der Waals surface area contributed by atoms with E-state index in [1.54, 1.807) is 0 Å². The van der Waals surface area contributed by atoms with E-state index in [2.05, 4.69) is 45.0 Å². The van der Waals surface area contributed by atoms with Gasteiger partial charge < -0.3 is 4.79 Å². The van der Waals surface area contributed by atoms with Gasteiger partial charge in [-0.05, 0) is 23.3 Å². The van der Waals surface area contributed by atoms with E-state index in [-0.39, 0.29) is 5.41 Å². The first-order chi connectivity index (χ1) is 7.04. The predicted octanol–water partition coefficient (Wildman–Crippen LogP) is 3.48. The van der Waals surface area contributed by atoms with E-state index in [4.69, 9.17) is 0 Å². The minimum atomic E-state index is 0.191. The number of hydrogen-bond donors (Lipinski definition) is 0. The maximum absolute atomic E-state index is 10.7. The number of hydrogen-bond acceptors (Lipinski definition) is 1. The lowest BCUT2D eigenvalue weighted by molar-refractivity contribution is -0.109. The van der Waals surface area contributed by atoms with Crippen LogP contribution >= 0.6 is 0 Å². The Morgan fingerprint density at radius 3 is 2.27 bits per heavy atom. The third kappa shape index (κ3) is 3.86. The van der Waals surface area contributed by atoms with Gasteiger partial charge in [-0.1, -0.05) is 51.1 Å². The third-order valence-corrected chi connectivity index (χ3v) is 2.93. The van der Waals surface area contributed by atoms with E-state index in [9.17, 15) is 4.79 Å². The molecule has 82 valence electrons. The fourth-order valence-corrected chi connectivity index (χ4v) is 1.76. The van der Waals surface area contributed by atoms with Crippen molar-refractivity contribution in [2.45, 2.75) is 33.6 Å². The second-order valence-electron chi connectivity index (χ2n) is 5.16. The van der Waals surface area contributed by atoms with Crippen molar-refractivity contribution < 1.29 is 4.79 Å². The quantitative estimate of drug-likeness (QED) is 0.686. The highest BCUT2D eigenvalue weighted by atomic mass is 16.1. The van der Waals surface area contributed by atoms with Gasteiger partial charge in [0.05, 0.1) is 0 Å². The van der Waals surface area contributed by atoms with Gasteiger partial charge in [0.1, 0.15) is 6.29 Å². The molecule has 0 aliphatic rings. The number of carbonyl (C=O) groups excluding carboxylic acids is 1. The Kier molecular flexibility index (Phi) is 4.07. The minimum Gasteiger partial charge on any atom is -0.303 e. The number of benzene rings is 1. The SMILES string of the molecule is CC(C)(C)C(CC=O)Cc1ccccc1. The molecule has 0 saturated heterocycles. The van der Waals surface area contributed by atoms with Gasteiger partial charge in [-0.3, -0.25) is 0 Å². The first-order valence-electron chi connectivity index (χ1n) is 5.51. The average molecular weight is 204 g/mol. The molecule has 0 heterocycles. The maximum atomic E-state index is 10.7. The first kappa shape index (κ1) is 12.0. The molecule has 0 fully saturated rings. The summed E-state index contributed by atoms with van der Waals surface area (Å²) in [7, 11) is 0. The van der Waals surface area contributed by atoms with Crippen LogP contribution < -0.4 is 0 Å². The molecule has 0 saturated carbocycles. The van der Waals surface area contributed by atoms with Crippen molar-refractivity contribution >= 4 is 6.29 Å². The Morgan fingerprint density at radius 2 is 1.80 bits per heavy atom. The van der Waals surface area contributed by atoms with Crippen molar-refractivity contribution in [2.75, 3.05) is 0 Å². The van der Waals surface area contributed by atoms with E-state index in [0.29, 0.717) is 12.3 Å². The van der Waals surface area contributed by atoms with Crippen molar-refractivity contribution in [3.8, 4) is 0 Å². The molecule has 15 heavy (non-hydrogen) atoms. The fraction of sp³-hybridized carbons (Fsp3) is 0.500. The van der Waals surface area contributed by atoms with Gasteiger partial charge in [0.25, 0.3) is 0 Å². The molecule has 1 unspecified atom stereocenters. The molecule has 1 atom stereocenters. The van der Waals surface area contributed by atoms with Crippen molar-refractivity contribution in [2.24, 2.45) is 11.3 Å². The van der Waals surface area contributed by atoms with Gasteiger partial charge >= 0.3 is 0 Å². The molecule has 0 aliphatic heterocycles. The molecule has 0 spiro atoms. The third-order valence-electron chi connectivity index (χ3n) is 2.93. The molecule has 0 bridgehead atoms. The van der Waals surface area contributed by atoms with Crippen molar-refractivity contribution in [3.63, 3.8) is 0 Å². The zero-order valence-electron chi connectivity index (χ0n) is 9.86. The molecular weight excluding hydrogens is 184 g/mol. The normalized spacial score (nSPS) is 13.5. The zero-order valence-corrected chi connectivity index (χ0v) is 9.86. The fourth-order valence-electron chi connectivity index (χ4n) is 1.76. The van der Waals surface area contributed by atoms with Crippen LogP contribution in [0.3, 0.4) is 0 Å². The lowest BCUT2D eigenvalue weighted by Crippen LogP contribution is -2.23. The summed E-state index contributed by atoms with van der Waals surface area (Å²) in [4.78, 5) is 10.7. The highest BCUT2D eigenvalue weighted by Gasteiger charge is 2.24. The Bertz CT molecular complexity index is 295. The lowest BCUT2D eigenvalue weighted by atomic mass is 9.76. The first-order valence-corrected chi connectivity index (χ1v) is 5.51. The summed E-state index contributed by atoms with van der Waals surface area (Å²) in [6.45, 7) is 6.60. The molecule has 0 radical (unpaired) electrons. The molecule has 1 aromatic carbocycles. The summed E-state index contributed by atoms with van der Waals surface area (Å²) in [6, 6.07) is 10.4. The smallest absolute Gasteiger partial charge is 0.120 e. The molecular formula is C14H20O. The van der Waals surface area contributed by atoms with Gasteiger partial charge in [0.15, 0.2) is 0 Å². The molecule has 1 nitrogen and oxygen atoms in total. The van der Waals surface area contributed by atoms with Crippen LogP contribution in [0.25, 0.3) is 0 Å². The summed E-state index contributed by atoms with van der Waals surface area (Å²) in [5, 5.41) is 0. The number of carbonyl (C=O) groups is 1. The molecule has 0 amide bonds. The second kappa shape index (κ2) is 5.11. The Balaban J connectivity index is 2.71. The zero-order chi connectivity index (χ0) is 11.3. The van der Waals surface area contributed by atoms with Crippen LogP contribution in [0, 0.1) is 11.3 Å². The minimum absolute atomic E-state index is 0.191. The van der Waals surface area contributed by atoms with Gasteiger partial charge in [0, 0.05) is 6.42 Å². The lowest BCUT2D eigenvalue weighted by Gasteiger charge is -2.29. The van der Waals surface area contributed by atoms with Crippen molar-refractivity contribution in [1.29, 1.82) is 0 Å². The summed E-state index contributed by atoms with van der Waals surface area (Å²) in [6.07, 6.45) is 2.68. The Morgan fingerprint density at radius 1 is 1.20 bits per heavy atom. The van der Waals surface area contributed by atoms with Crippen LogP contribution in [0.5, 0.6) is 0 Å². The second-order valence-corrected chi connectivity index (χ2v) is 5.16. The summed E-state index contributed by atoms with van der Waals surface area (Å²) in [5.74, 6) is 0.428. The predicted molar refractivity (Wildman–Crippen MR) is 63.8 cm³/mol. The molecule has 1 aromatic rings. The Hall–Kier alpha value is -1.11. The van der Waals surface area contributed by atoms with Crippen LogP contribution in [0.1, 0.15) is 32.8 Å². The van der Waals surface area contributed by atoms with Crippen LogP contribution in [0.4, 0.5) is 0 Å². The average Bonchev–Trinajstić information content (AvgIpc) is 2.17. The summed E-state index contributed by atoms with van der Waals surface area (Å²) in [5.41, 5.74) is 1.51. The Labute approximate surface area is 92.5 Å². The molecule has 0 aliphatic carbocycles. The maximum Gasteiger partial charge on any atom is 0.120 e. The van der Waals surface area contributed by atoms with Crippen LogP contribution in [0.2, 0.25) is 0 Å². The number of rotatable bonds is 4. The monoisotopic (exact) mass is 204 g/mol. The topological polar surface area (TPSA) is 17.1 Å². The highest BCUT2D eigenvalue weighted by molar-refractivity contribution is 5.50. The van der Waals surface area contributed by atoms with E-state index in [1.165, 1.54) is 5.56 Å². The van der Waals surface area contributed by atoms with Gasteiger partial charge in [-0.2, -0.15) is 0 Å². The van der Waals surface area contributed by atoms with Crippen LogP contribution in [-0.4, -0.2) is 6.29 Å². The van der Waals surface area contributed by atoms with Crippen LogP contribution in [-0.2, 0) is 11.2 Å². The molecule has 1 heteroatoms. The van der Waals surface area contributed by atoms with E-state index < -0.39 is 0 Å². The molecule has 0 aromatic heterocycles. The molecule has 1 rings (SSSR count).